The summed E-state index contributed by atoms with van der Waals surface area (Å²) in [6, 6.07) is 6.05. The second-order valence-electron chi connectivity index (χ2n) is 4.34. The van der Waals surface area contributed by atoms with Gasteiger partial charge in [0.1, 0.15) is 11.6 Å². The van der Waals surface area contributed by atoms with Gasteiger partial charge < -0.3 is 15.4 Å². The number of hydrogen-bond donors (Lipinski definition) is 2. The van der Waals surface area contributed by atoms with E-state index in [1.54, 1.807) is 23.9 Å². The molecule has 0 aliphatic carbocycles. The average Bonchev–Trinajstić information content (AvgIpc) is 2.49. The molecular weight excluding hydrogens is 416 g/mol. The minimum atomic E-state index is -0.251. The van der Waals surface area contributed by atoms with Crippen LogP contribution in [0.1, 0.15) is 13.3 Å². The van der Waals surface area contributed by atoms with Gasteiger partial charge in [0.15, 0.2) is 5.96 Å². The monoisotopic (exact) mass is 441 g/mol. The fourth-order valence-electron chi connectivity index (χ4n) is 1.59. The first-order valence-corrected chi connectivity index (χ1v) is 8.55. The first-order valence-electron chi connectivity index (χ1n) is 7.15. The number of hydrogen-bond acceptors (Lipinski definition) is 3. The number of aliphatic imine (C=N–C) groups is 1. The van der Waals surface area contributed by atoms with Crippen molar-refractivity contribution in [3.05, 3.63) is 30.1 Å². The summed E-state index contributed by atoms with van der Waals surface area (Å²) < 4.78 is 18.3. The molecule has 0 heterocycles. The molecule has 7 heteroatoms. The van der Waals surface area contributed by atoms with Crippen LogP contribution in [0.2, 0.25) is 0 Å². The summed E-state index contributed by atoms with van der Waals surface area (Å²) in [7, 11) is 0. The van der Waals surface area contributed by atoms with Crippen molar-refractivity contribution in [3.63, 3.8) is 0 Å². The molecular formula is C15H25FIN3OS. The Morgan fingerprint density at radius 1 is 1.27 bits per heavy atom. The van der Waals surface area contributed by atoms with E-state index < -0.39 is 0 Å². The molecule has 0 aromatic heterocycles. The Morgan fingerprint density at radius 2 is 2.00 bits per heavy atom. The zero-order valence-corrected chi connectivity index (χ0v) is 16.2. The highest BCUT2D eigenvalue weighted by Crippen LogP contribution is 2.10. The molecule has 0 atom stereocenters. The number of rotatable bonds is 9. The largest absolute Gasteiger partial charge is 0.494 e. The summed E-state index contributed by atoms with van der Waals surface area (Å²) >= 11 is 1.80. The van der Waals surface area contributed by atoms with E-state index in [2.05, 4.69) is 21.9 Å². The van der Waals surface area contributed by atoms with Crippen molar-refractivity contribution in [2.24, 2.45) is 4.99 Å². The third-order valence-corrected chi connectivity index (χ3v) is 3.21. The minimum absolute atomic E-state index is 0. The van der Waals surface area contributed by atoms with Crippen LogP contribution < -0.4 is 15.4 Å². The number of benzene rings is 1. The maximum atomic E-state index is 12.7. The van der Waals surface area contributed by atoms with E-state index >= 15 is 0 Å². The van der Waals surface area contributed by atoms with Crippen LogP contribution in [0.25, 0.3) is 0 Å². The zero-order valence-electron chi connectivity index (χ0n) is 13.1. The Bertz CT molecular complexity index is 418. The maximum Gasteiger partial charge on any atom is 0.191 e. The molecule has 0 unspecified atom stereocenters. The molecule has 0 spiro atoms. The molecule has 0 aliphatic heterocycles. The second kappa shape index (κ2) is 13.9. The van der Waals surface area contributed by atoms with E-state index in [0.717, 1.165) is 31.2 Å². The van der Waals surface area contributed by atoms with Crippen molar-refractivity contribution in [1.82, 2.24) is 10.6 Å². The fourth-order valence-corrected chi connectivity index (χ4v) is 1.90. The molecule has 22 heavy (non-hydrogen) atoms. The Hall–Kier alpha value is -0.700. The van der Waals surface area contributed by atoms with Gasteiger partial charge in [0.2, 0.25) is 0 Å². The predicted octanol–water partition coefficient (Wildman–Crippen LogP) is 3.13. The summed E-state index contributed by atoms with van der Waals surface area (Å²) in [6.07, 6.45) is 2.90. The van der Waals surface area contributed by atoms with E-state index in [4.69, 9.17) is 4.74 Å². The van der Waals surface area contributed by atoms with Gasteiger partial charge in [0.05, 0.1) is 6.61 Å². The SMILES string of the molecule is CCNC(=NCCCOc1ccc(F)cc1)NCCSC.I. The standard InChI is InChI=1S/C15H24FN3OS.HI/c1-3-17-15(19-10-12-21-2)18-9-4-11-20-14-7-5-13(16)6-8-14;/h5-8H,3-4,9-12H2,1-2H3,(H2,17,18,19);1H. The molecule has 2 N–H and O–H groups in total. The molecule has 0 radical (unpaired) electrons. The second-order valence-corrected chi connectivity index (χ2v) is 5.32. The van der Waals surface area contributed by atoms with Crippen molar-refractivity contribution < 1.29 is 9.13 Å². The summed E-state index contributed by atoms with van der Waals surface area (Å²) in [5, 5.41) is 6.48. The van der Waals surface area contributed by atoms with Crippen LogP contribution in [0.5, 0.6) is 5.75 Å². The third-order valence-electron chi connectivity index (χ3n) is 2.60. The van der Waals surface area contributed by atoms with Crippen molar-refractivity contribution >= 4 is 41.7 Å². The molecule has 4 nitrogen and oxygen atoms in total. The van der Waals surface area contributed by atoms with Gasteiger partial charge in [0.25, 0.3) is 0 Å². The molecule has 0 amide bonds. The highest BCUT2D eigenvalue weighted by molar-refractivity contribution is 14.0. The fraction of sp³-hybridized carbons (Fsp3) is 0.533. The highest BCUT2D eigenvalue weighted by atomic mass is 127. The van der Waals surface area contributed by atoms with Gasteiger partial charge in [-0.2, -0.15) is 11.8 Å². The summed E-state index contributed by atoms with van der Waals surface area (Å²) in [5.41, 5.74) is 0. The Balaban J connectivity index is 0.00000441. The molecule has 1 aromatic rings. The lowest BCUT2D eigenvalue weighted by molar-refractivity contribution is 0.313. The van der Waals surface area contributed by atoms with Crippen LogP contribution in [0, 0.1) is 5.82 Å². The molecule has 0 bridgehead atoms. The Labute approximate surface area is 153 Å². The van der Waals surface area contributed by atoms with E-state index in [0.29, 0.717) is 18.9 Å². The third kappa shape index (κ3) is 10.1. The van der Waals surface area contributed by atoms with Crippen LogP contribution in [0.15, 0.2) is 29.3 Å². The summed E-state index contributed by atoms with van der Waals surface area (Å²) in [6.45, 7) is 5.05. The van der Waals surface area contributed by atoms with Crippen molar-refractivity contribution in [2.45, 2.75) is 13.3 Å². The minimum Gasteiger partial charge on any atom is -0.494 e. The van der Waals surface area contributed by atoms with Gasteiger partial charge in [-0.15, -0.1) is 24.0 Å². The zero-order chi connectivity index (χ0) is 15.3. The highest BCUT2D eigenvalue weighted by Gasteiger charge is 1.97. The van der Waals surface area contributed by atoms with Gasteiger partial charge >= 0.3 is 0 Å². The van der Waals surface area contributed by atoms with Crippen LogP contribution in [-0.2, 0) is 0 Å². The van der Waals surface area contributed by atoms with E-state index in [-0.39, 0.29) is 29.8 Å². The van der Waals surface area contributed by atoms with Crippen LogP contribution in [0.3, 0.4) is 0 Å². The van der Waals surface area contributed by atoms with Gasteiger partial charge in [-0.05, 0) is 37.4 Å². The number of nitrogens with zero attached hydrogens (tertiary/aromatic N) is 1. The van der Waals surface area contributed by atoms with Crippen molar-refractivity contribution in [2.75, 3.05) is 38.2 Å². The smallest absolute Gasteiger partial charge is 0.191 e. The number of halogens is 2. The lowest BCUT2D eigenvalue weighted by Crippen LogP contribution is -2.38. The maximum absolute atomic E-state index is 12.7. The Kier molecular flexibility index (Phi) is 13.5. The molecule has 0 aliphatic rings. The molecule has 1 rings (SSSR count). The van der Waals surface area contributed by atoms with Crippen LogP contribution in [-0.4, -0.2) is 44.2 Å². The van der Waals surface area contributed by atoms with Gasteiger partial charge in [0, 0.05) is 31.8 Å². The van der Waals surface area contributed by atoms with Gasteiger partial charge in [-0.1, -0.05) is 0 Å². The Morgan fingerprint density at radius 3 is 2.64 bits per heavy atom. The summed E-state index contributed by atoms with van der Waals surface area (Å²) in [4.78, 5) is 4.48. The number of ether oxygens (including phenoxy) is 1. The first kappa shape index (κ1) is 21.3. The average molecular weight is 441 g/mol. The lowest BCUT2D eigenvalue weighted by Gasteiger charge is -2.10. The quantitative estimate of drug-likeness (QED) is 0.268. The van der Waals surface area contributed by atoms with E-state index in [1.165, 1.54) is 12.1 Å². The summed E-state index contributed by atoms with van der Waals surface area (Å²) in [5.74, 6) is 2.33. The molecule has 126 valence electrons. The predicted molar refractivity (Wildman–Crippen MR) is 104 cm³/mol. The first-order chi connectivity index (χ1) is 10.3. The van der Waals surface area contributed by atoms with Crippen LogP contribution in [0.4, 0.5) is 4.39 Å². The molecule has 0 saturated heterocycles. The molecule has 0 saturated carbocycles. The van der Waals surface area contributed by atoms with E-state index in [9.17, 15) is 4.39 Å². The van der Waals surface area contributed by atoms with Crippen LogP contribution >= 0.6 is 35.7 Å². The normalized spacial score (nSPS) is 10.8. The van der Waals surface area contributed by atoms with Gasteiger partial charge in [-0.3, -0.25) is 4.99 Å². The number of nitrogens with one attached hydrogen (secondary N) is 2. The molecule has 0 fully saturated rings. The van der Waals surface area contributed by atoms with Crippen molar-refractivity contribution in [1.29, 1.82) is 0 Å². The van der Waals surface area contributed by atoms with Crippen molar-refractivity contribution in [3.8, 4) is 5.75 Å². The lowest BCUT2D eigenvalue weighted by atomic mass is 10.3. The van der Waals surface area contributed by atoms with E-state index in [1.807, 2.05) is 6.92 Å². The topological polar surface area (TPSA) is 45.7 Å². The van der Waals surface area contributed by atoms with Gasteiger partial charge in [-0.25, -0.2) is 4.39 Å². The number of guanidine groups is 1. The molecule has 1 aromatic carbocycles. The number of thioether (sulfide) groups is 1.